The first-order valence-corrected chi connectivity index (χ1v) is 8.66. The molecule has 5 nitrogen and oxygen atoms in total. The standard InChI is InChI=1S/C13H20N2O3S2/c1-9(7-10-3-6-20-8-10)14-13(18)15-11(12(16)17)4-5-19-2/h3,6,8-9,11H,4-5,7H2,1-2H3,(H,16,17)(H2,14,15,18)/t9?,11-/m0/s1. The van der Waals surface area contributed by atoms with Crippen molar-refractivity contribution in [2.75, 3.05) is 12.0 Å². The molecule has 20 heavy (non-hydrogen) atoms. The van der Waals surface area contributed by atoms with Gasteiger partial charge in [0.2, 0.25) is 0 Å². The summed E-state index contributed by atoms with van der Waals surface area (Å²) in [5.74, 6) is -0.304. The van der Waals surface area contributed by atoms with Crippen molar-refractivity contribution >= 4 is 35.1 Å². The molecule has 3 N–H and O–H groups in total. The van der Waals surface area contributed by atoms with Crippen LogP contribution < -0.4 is 10.6 Å². The second-order valence-electron chi connectivity index (χ2n) is 4.53. The number of nitrogens with one attached hydrogen (secondary N) is 2. The SMILES string of the molecule is CSCC[C@H](NC(=O)NC(C)Cc1ccsc1)C(=O)O. The maximum absolute atomic E-state index is 11.8. The lowest BCUT2D eigenvalue weighted by Gasteiger charge is -2.18. The first-order valence-electron chi connectivity index (χ1n) is 6.32. The maximum atomic E-state index is 11.8. The van der Waals surface area contributed by atoms with Crippen LogP contribution in [0.15, 0.2) is 16.8 Å². The molecule has 1 aromatic rings. The lowest BCUT2D eigenvalue weighted by molar-refractivity contribution is -0.139. The fourth-order valence-corrected chi connectivity index (χ4v) is 2.88. The van der Waals surface area contributed by atoms with Gasteiger partial charge in [0.25, 0.3) is 0 Å². The normalized spacial score (nSPS) is 13.5. The molecular formula is C13H20N2O3S2. The van der Waals surface area contributed by atoms with Gasteiger partial charge in [-0.1, -0.05) is 0 Å². The fourth-order valence-electron chi connectivity index (χ4n) is 1.73. The Bertz CT molecular complexity index is 423. The van der Waals surface area contributed by atoms with Crippen LogP contribution >= 0.6 is 23.1 Å². The molecule has 0 aliphatic heterocycles. The molecule has 0 radical (unpaired) electrons. The smallest absolute Gasteiger partial charge is 0.326 e. The average Bonchev–Trinajstić information content (AvgIpc) is 2.86. The Balaban J connectivity index is 2.38. The van der Waals surface area contributed by atoms with Crippen molar-refractivity contribution in [2.24, 2.45) is 0 Å². The zero-order chi connectivity index (χ0) is 15.0. The molecule has 0 aliphatic rings. The molecule has 0 saturated carbocycles. The van der Waals surface area contributed by atoms with Crippen LogP contribution in [0.5, 0.6) is 0 Å². The lowest BCUT2D eigenvalue weighted by Crippen LogP contribution is -2.49. The second kappa shape index (κ2) is 8.86. The Labute approximate surface area is 127 Å². The highest BCUT2D eigenvalue weighted by atomic mass is 32.2. The van der Waals surface area contributed by atoms with Gasteiger partial charge < -0.3 is 15.7 Å². The topological polar surface area (TPSA) is 78.4 Å². The van der Waals surface area contributed by atoms with E-state index in [0.717, 1.165) is 6.42 Å². The highest BCUT2D eigenvalue weighted by Gasteiger charge is 2.20. The van der Waals surface area contributed by atoms with E-state index in [1.54, 1.807) is 23.1 Å². The van der Waals surface area contributed by atoms with Gasteiger partial charge in [-0.05, 0) is 54.2 Å². The molecule has 1 aromatic heterocycles. The van der Waals surface area contributed by atoms with Crippen molar-refractivity contribution in [1.29, 1.82) is 0 Å². The summed E-state index contributed by atoms with van der Waals surface area (Å²) in [6, 6.07) is 0.704. The van der Waals surface area contributed by atoms with Gasteiger partial charge in [-0.2, -0.15) is 23.1 Å². The highest BCUT2D eigenvalue weighted by molar-refractivity contribution is 7.98. The summed E-state index contributed by atoms with van der Waals surface area (Å²) >= 11 is 3.17. The fraction of sp³-hybridized carbons (Fsp3) is 0.538. The molecule has 1 heterocycles. The number of carbonyl (C=O) groups excluding carboxylic acids is 1. The quantitative estimate of drug-likeness (QED) is 0.687. The van der Waals surface area contributed by atoms with E-state index in [0.29, 0.717) is 12.2 Å². The van der Waals surface area contributed by atoms with Crippen LogP contribution in [0, 0.1) is 0 Å². The van der Waals surface area contributed by atoms with Crippen molar-refractivity contribution < 1.29 is 14.7 Å². The van der Waals surface area contributed by atoms with E-state index >= 15 is 0 Å². The Hall–Kier alpha value is -1.21. The van der Waals surface area contributed by atoms with Gasteiger partial charge in [-0.15, -0.1) is 0 Å². The van der Waals surface area contributed by atoms with Crippen molar-refractivity contribution in [1.82, 2.24) is 10.6 Å². The Morgan fingerprint density at radius 2 is 2.20 bits per heavy atom. The van der Waals surface area contributed by atoms with Gasteiger partial charge in [0, 0.05) is 6.04 Å². The summed E-state index contributed by atoms with van der Waals surface area (Å²) in [6.45, 7) is 1.90. The minimum atomic E-state index is -1.00. The molecular weight excluding hydrogens is 296 g/mol. The summed E-state index contributed by atoms with van der Waals surface area (Å²) < 4.78 is 0. The molecule has 1 rings (SSSR count). The van der Waals surface area contributed by atoms with Crippen LogP contribution in [0.2, 0.25) is 0 Å². The number of carboxylic acid groups (broad SMARTS) is 1. The van der Waals surface area contributed by atoms with Crippen molar-refractivity contribution in [2.45, 2.75) is 31.8 Å². The molecule has 7 heteroatoms. The van der Waals surface area contributed by atoms with Crippen LogP contribution in [0.25, 0.3) is 0 Å². The first kappa shape index (κ1) is 16.8. The van der Waals surface area contributed by atoms with E-state index in [9.17, 15) is 9.59 Å². The lowest BCUT2D eigenvalue weighted by atomic mass is 10.1. The molecule has 0 aromatic carbocycles. The largest absolute Gasteiger partial charge is 0.480 e. The van der Waals surface area contributed by atoms with Gasteiger partial charge in [-0.25, -0.2) is 9.59 Å². The van der Waals surface area contributed by atoms with E-state index in [-0.39, 0.29) is 6.04 Å². The van der Waals surface area contributed by atoms with Crippen LogP contribution in [-0.2, 0) is 11.2 Å². The average molecular weight is 316 g/mol. The van der Waals surface area contributed by atoms with E-state index < -0.39 is 18.0 Å². The summed E-state index contributed by atoms with van der Waals surface area (Å²) in [5.41, 5.74) is 1.17. The van der Waals surface area contributed by atoms with Gasteiger partial charge in [0.05, 0.1) is 0 Å². The third-order valence-electron chi connectivity index (χ3n) is 2.71. The third-order valence-corrected chi connectivity index (χ3v) is 4.09. The number of aliphatic carboxylic acids is 1. The van der Waals surface area contributed by atoms with Gasteiger partial charge in [-0.3, -0.25) is 0 Å². The molecule has 0 saturated heterocycles. The second-order valence-corrected chi connectivity index (χ2v) is 6.29. The molecule has 0 spiro atoms. The minimum absolute atomic E-state index is 0.0420. The number of rotatable bonds is 8. The van der Waals surface area contributed by atoms with Gasteiger partial charge >= 0.3 is 12.0 Å². The third kappa shape index (κ3) is 6.29. The number of amides is 2. The van der Waals surface area contributed by atoms with E-state index in [4.69, 9.17) is 5.11 Å². The van der Waals surface area contributed by atoms with Crippen molar-refractivity contribution in [3.8, 4) is 0 Å². The predicted molar refractivity (Wildman–Crippen MR) is 83.6 cm³/mol. The molecule has 0 aliphatic carbocycles. The molecule has 2 amide bonds. The number of carboxylic acids is 1. The van der Waals surface area contributed by atoms with E-state index in [1.165, 1.54) is 5.56 Å². The molecule has 0 fully saturated rings. The summed E-state index contributed by atoms with van der Waals surface area (Å²) in [7, 11) is 0. The number of hydrogen-bond acceptors (Lipinski definition) is 4. The molecule has 2 atom stereocenters. The zero-order valence-corrected chi connectivity index (χ0v) is 13.2. The van der Waals surface area contributed by atoms with Crippen LogP contribution in [-0.4, -0.2) is 41.2 Å². The highest BCUT2D eigenvalue weighted by Crippen LogP contribution is 2.08. The first-order chi connectivity index (χ1) is 9.52. The molecule has 112 valence electrons. The maximum Gasteiger partial charge on any atom is 0.326 e. The van der Waals surface area contributed by atoms with Crippen molar-refractivity contribution in [3.63, 3.8) is 0 Å². The van der Waals surface area contributed by atoms with Gasteiger partial charge in [0.1, 0.15) is 6.04 Å². The number of carbonyl (C=O) groups is 2. The zero-order valence-electron chi connectivity index (χ0n) is 11.6. The van der Waals surface area contributed by atoms with E-state index in [2.05, 4.69) is 10.6 Å². The Morgan fingerprint density at radius 3 is 2.75 bits per heavy atom. The molecule has 0 bridgehead atoms. The summed E-state index contributed by atoms with van der Waals surface area (Å²) in [5, 5.41) is 18.3. The van der Waals surface area contributed by atoms with Crippen LogP contribution in [0.1, 0.15) is 18.9 Å². The molecule has 1 unspecified atom stereocenters. The summed E-state index contributed by atoms with van der Waals surface area (Å²) in [4.78, 5) is 22.8. The monoisotopic (exact) mass is 316 g/mol. The Morgan fingerprint density at radius 1 is 1.45 bits per heavy atom. The van der Waals surface area contributed by atoms with Crippen molar-refractivity contribution in [3.05, 3.63) is 22.4 Å². The summed E-state index contributed by atoms with van der Waals surface area (Å²) in [6.07, 6.45) is 3.06. The minimum Gasteiger partial charge on any atom is -0.480 e. The van der Waals surface area contributed by atoms with Crippen LogP contribution in [0.4, 0.5) is 4.79 Å². The predicted octanol–water partition coefficient (Wildman–Crippen LogP) is 2.18. The number of hydrogen-bond donors (Lipinski definition) is 3. The van der Waals surface area contributed by atoms with Gasteiger partial charge in [0.15, 0.2) is 0 Å². The van der Waals surface area contributed by atoms with E-state index in [1.807, 2.05) is 30.0 Å². The number of thioether (sulfide) groups is 1. The number of thiophene rings is 1. The number of urea groups is 1. The Kier molecular flexibility index (Phi) is 7.46. The van der Waals surface area contributed by atoms with Crippen LogP contribution in [0.3, 0.4) is 0 Å².